The molecular formula is C8H9NO5. The molecule has 0 spiro atoms. The fourth-order valence-electron chi connectivity index (χ4n) is 1.03. The Morgan fingerprint density at radius 1 is 1.36 bits per heavy atom. The van der Waals surface area contributed by atoms with Crippen LogP contribution in [0.5, 0.6) is 0 Å². The maximum absolute atomic E-state index is 11.0. The lowest BCUT2D eigenvalue weighted by Crippen LogP contribution is -2.31. The number of carboxylic acid groups (broad SMARTS) is 1. The molecule has 0 aromatic carbocycles. The molecule has 1 N–H and O–H groups in total. The Morgan fingerprint density at radius 3 is 2.43 bits per heavy atom. The van der Waals surface area contributed by atoms with Gasteiger partial charge in [-0.15, -0.1) is 0 Å². The molecule has 0 saturated heterocycles. The summed E-state index contributed by atoms with van der Waals surface area (Å²) in [4.78, 5) is 32.9. The zero-order valence-electron chi connectivity index (χ0n) is 7.30. The van der Waals surface area contributed by atoms with E-state index in [2.05, 4.69) is 4.74 Å². The third-order valence-corrected chi connectivity index (χ3v) is 1.65. The quantitative estimate of drug-likeness (QED) is 0.391. The van der Waals surface area contributed by atoms with Gasteiger partial charge in [0.25, 0.3) is 11.8 Å². The molecule has 6 heteroatoms. The molecule has 0 aromatic heterocycles. The van der Waals surface area contributed by atoms with Gasteiger partial charge < -0.3 is 9.84 Å². The van der Waals surface area contributed by atoms with E-state index in [-0.39, 0.29) is 25.0 Å². The first kappa shape index (κ1) is 10.2. The smallest absolute Gasteiger partial charge is 0.450 e. The van der Waals surface area contributed by atoms with E-state index < -0.39 is 6.16 Å². The van der Waals surface area contributed by atoms with Crippen LogP contribution in [-0.4, -0.2) is 41.1 Å². The summed E-state index contributed by atoms with van der Waals surface area (Å²) >= 11 is 0. The summed E-state index contributed by atoms with van der Waals surface area (Å²) in [5.74, 6) is -0.740. The lowest BCUT2D eigenvalue weighted by Gasteiger charge is -2.12. The van der Waals surface area contributed by atoms with Crippen molar-refractivity contribution >= 4 is 18.0 Å². The first-order valence-electron chi connectivity index (χ1n) is 4.00. The molecule has 0 fully saturated rings. The van der Waals surface area contributed by atoms with E-state index >= 15 is 0 Å². The third kappa shape index (κ3) is 2.58. The summed E-state index contributed by atoms with van der Waals surface area (Å²) in [6.45, 7) is 0.157. The van der Waals surface area contributed by atoms with Gasteiger partial charge in [0, 0.05) is 18.7 Å². The molecule has 0 unspecified atom stereocenters. The number of hydrogen-bond donors (Lipinski definition) is 1. The summed E-state index contributed by atoms with van der Waals surface area (Å²) in [6.07, 6.45) is 1.31. The summed E-state index contributed by atoms with van der Waals surface area (Å²) in [6, 6.07) is 0. The van der Waals surface area contributed by atoms with Gasteiger partial charge in [-0.05, 0) is 6.42 Å². The number of nitrogens with zero attached hydrogens (tertiary/aromatic N) is 1. The maximum atomic E-state index is 11.0. The van der Waals surface area contributed by atoms with Crippen molar-refractivity contribution in [2.45, 2.75) is 6.42 Å². The molecule has 2 amide bonds. The second-order valence-electron chi connectivity index (χ2n) is 2.63. The lowest BCUT2D eigenvalue weighted by atomic mass is 10.4. The van der Waals surface area contributed by atoms with Crippen molar-refractivity contribution in [1.29, 1.82) is 0 Å². The zero-order valence-corrected chi connectivity index (χ0v) is 7.30. The molecule has 1 aliphatic heterocycles. The largest absolute Gasteiger partial charge is 0.505 e. The summed E-state index contributed by atoms with van der Waals surface area (Å²) in [5.41, 5.74) is 0. The van der Waals surface area contributed by atoms with E-state index in [1.807, 2.05) is 0 Å². The van der Waals surface area contributed by atoms with Crippen molar-refractivity contribution in [3.63, 3.8) is 0 Å². The van der Waals surface area contributed by atoms with Gasteiger partial charge in [-0.2, -0.15) is 0 Å². The monoisotopic (exact) mass is 199 g/mol. The molecule has 76 valence electrons. The molecule has 0 radical (unpaired) electrons. The zero-order chi connectivity index (χ0) is 10.6. The van der Waals surface area contributed by atoms with Gasteiger partial charge in [-0.3, -0.25) is 14.5 Å². The number of hydrogen-bond acceptors (Lipinski definition) is 4. The average Bonchev–Trinajstić information content (AvgIpc) is 2.42. The minimum Gasteiger partial charge on any atom is -0.450 e. The number of carbonyl (C=O) groups is 3. The van der Waals surface area contributed by atoms with Crippen molar-refractivity contribution in [2.24, 2.45) is 0 Å². The van der Waals surface area contributed by atoms with Crippen LogP contribution in [0.1, 0.15) is 6.42 Å². The first-order chi connectivity index (χ1) is 6.61. The molecule has 14 heavy (non-hydrogen) atoms. The topological polar surface area (TPSA) is 83.9 Å². The van der Waals surface area contributed by atoms with Crippen LogP contribution in [0.2, 0.25) is 0 Å². The number of ether oxygens (including phenoxy) is 1. The van der Waals surface area contributed by atoms with Crippen molar-refractivity contribution in [3.8, 4) is 0 Å². The van der Waals surface area contributed by atoms with Crippen molar-refractivity contribution in [2.75, 3.05) is 13.2 Å². The second-order valence-corrected chi connectivity index (χ2v) is 2.63. The van der Waals surface area contributed by atoms with Gasteiger partial charge in [0.15, 0.2) is 0 Å². The van der Waals surface area contributed by atoms with Crippen LogP contribution in [-0.2, 0) is 14.3 Å². The molecule has 0 bridgehead atoms. The molecular weight excluding hydrogens is 190 g/mol. The van der Waals surface area contributed by atoms with Crippen LogP contribution in [0.4, 0.5) is 4.79 Å². The Bertz CT molecular complexity index is 278. The van der Waals surface area contributed by atoms with E-state index in [0.717, 1.165) is 4.90 Å². The highest BCUT2D eigenvalue weighted by atomic mass is 16.7. The van der Waals surface area contributed by atoms with Crippen LogP contribution in [0, 0.1) is 0 Å². The van der Waals surface area contributed by atoms with Gasteiger partial charge in [-0.25, -0.2) is 4.79 Å². The number of amides is 2. The Kier molecular flexibility index (Phi) is 3.22. The number of rotatable bonds is 4. The van der Waals surface area contributed by atoms with Crippen molar-refractivity contribution in [3.05, 3.63) is 12.2 Å². The fourth-order valence-corrected chi connectivity index (χ4v) is 1.03. The van der Waals surface area contributed by atoms with E-state index in [1.165, 1.54) is 12.2 Å². The number of imide groups is 1. The predicted molar refractivity (Wildman–Crippen MR) is 44.5 cm³/mol. The normalized spacial score (nSPS) is 15.0. The lowest BCUT2D eigenvalue weighted by molar-refractivity contribution is -0.136. The van der Waals surface area contributed by atoms with Crippen molar-refractivity contribution < 1.29 is 24.2 Å². The van der Waals surface area contributed by atoms with Crippen LogP contribution < -0.4 is 0 Å². The highest BCUT2D eigenvalue weighted by Crippen LogP contribution is 2.03. The summed E-state index contributed by atoms with van der Waals surface area (Å²) < 4.78 is 4.22. The highest BCUT2D eigenvalue weighted by molar-refractivity contribution is 6.12. The molecule has 1 rings (SSSR count). The van der Waals surface area contributed by atoms with E-state index in [4.69, 9.17) is 5.11 Å². The predicted octanol–water partition coefficient (Wildman–Crippen LogP) is -0.00390. The molecule has 1 aliphatic rings. The van der Waals surface area contributed by atoms with E-state index in [1.54, 1.807) is 0 Å². The second kappa shape index (κ2) is 4.40. The van der Waals surface area contributed by atoms with Gasteiger partial charge in [0.1, 0.15) is 0 Å². The Labute approximate surface area is 79.8 Å². The summed E-state index contributed by atoms with van der Waals surface area (Å²) in [7, 11) is 0. The Morgan fingerprint density at radius 2 is 1.93 bits per heavy atom. The first-order valence-corrected chi connectivity index (χ1v) is 4.00. The molecule has 6 nitrogen and oxygen atoms in total. The maximum Gasteiger partial charge on any atom is 0.505 e. The SMILES string of the molecule is O=C(O)OCCCN1C(=O)C=CC1=O. The van der Waals surface area contributed by atoms with Crippen LogP contribution in [0.25, 0.3) is 0 Å². The van der Waals surface area contributed by atoms with E-state index in [0.29, 0.717) is 6.42 Å². The van der Waals surface area contributed by atoms with Gasteiger partial charge in [0.2, 0.25) is 0 Å². The highest BCUT2D eigenvalue weighted by Gasteiger charge is 2.22. The molecule has 0 aromatic rings. The minimum atomic E-state index is -1.36. The fraction of sp³-hybridized carbons (Fsp3) is 0.375. The van der Waals surface area contributed by atoms with Crippen LogP contribution in [0.3, 0.4) is 0 Å². The molecule has 0 atom stereocenters. The Balaban J connectivity index is 2.22. The third-order valence-electron chi connectivity index (χ3n) is 1.65. The Hall–Kier alpha value is -1.85. The van der Waals surface area contributed by atoms with Crippen LogP contribution in [0.15, 0.2) is 12.2 Å². The molecule has 1 heterocycles. The standard InChI is InChI=1S/C8H9NO5/c10-6-2-3-7(11)9(6)4-1-5-14-8(12)13/h2-3H,1,4-5H2,(H,12,13). The van der Waals surface area contributed by atoms with Gasteiger partial charge in [0.05, 0.1) is 6.61 Å². The van der Waals surface area contributed by atoms with E-state index in [9.17, 15) is 14.4 Å². The van der Waals surface area contributed by atoms with Crippen molar-refractivity contribution in [1.82, 2.24) is 4.90 Å². The average molecular weight is 199 g/mol. The molecule has 0 saturated carbocycles. The minimum absolute atomic E-state index is 0.0214. The molecule has 0 aliphatic carbocycles. The number of carbonyl (C=O) groups excluding carboxylic acids is 2. The van der Waals surface area contributed by atoms with Crippen LogP contribution >= 0.6 is 0 Å². The van der Waals surface area contributed by atoms with Gasteiger partial charge in [-0.1, -0.05) is 0 Å². The summed E-state index contributed by atoms with van der Waals surface area (Å²) in [5, 5.41) is 8.13. The van der Waals surface area contributed by atoms with Gasteiger partial charge >= 0.3 is 6.16 Å².